The van der Waals surface area contributed by atoms with Gasteiger partial charge in [-0.25, -0.2) is 8.42 Å². The van der Waals surface area contributed by atoms with Gasteiger partial charge in [-0.05, 0) is 25.5 Å². The minimum Gasteiger partial charge on any atom is -0.361 e. The summed E-state index contributed by atoms with van der Waals surface area (Å²) in [6, 6.07) is 8.04. The van der Waals surface area contributed by atoms with Gasteiger partial charge in [-0.15, -0.1) is 0 Å². The van der Waals surface area contributed by atoms with Gasteiger partial charge in [-0.2, -0.15) is 9.57 Å². The van der Waals surface area contributed by atoms with E-state index >= 15 is 0 Å². The maximum atomic E-state index is 12.9. The highest BCUT2D eigenvalue weighted by atomic mass is 32.2. The normalized spacial score (nSPS) is 15.5. The molecule has 1 aromatic carbocycles. The number of carbonyl (C=O) groups is 1. The number of hydrogen-bond donors (Lipinski definition) is 0. The zero-order chi connectivity index (χ0) is 19.6. The summed E-state index contributed by atoms with van der Waals surface area (Å²) in [6.07, 6.45) is 0.581. The zero-order valence-electron chi connectivity index (χ0n) is 15.2. The van der Waals surface area contributed by atoms with Gasteiger partial charge in [0.15, 0.2) is 0 Å². The lowest BCUT2D eigenvalue weighted by Gasteiger charge is -2.34. The molecule has 9 heteroatoms. The van der Waals surface area contributed by atoms with Gasteiger partial charge in [0, 0.05) is 26.2 Å². The molecule has 1 aliphatic heterocycles. The van der Waals surface area contributed by atoms with Crippen LogP contribution < -0.4 is 0 Å². The van der Waals surface area contributed by atoms with Crippen LogP contribution in [0.1, 0.15) is 34.3 Å². The average Bonchev–Trinajstić information content (AvgIpc) is 3.08. The van der Waals surface area contributed by atoms with Crippen molar-refractivity contribution in [3.05, 3.63) is 46.8 Å². The highest BCUT2D eigenvalue weighted by Crippen LogP contribution is 2.23. The lowest BCUT2D eigenvalue weighted by Crippen LogP contribution is -2.50. The largest absolute Gasteiger partial charge is 0.361 e. The van der Waals surface area contributed by atoms with Crippen LogP contribution in [0.3, 0.4) is 0 Å². The summed E-state index contributed by atoms with van der Waals surface area (Å²) in [4.78, 5) is 14.4. The molecule has 1 saturated heterocycles. The summed E-state index contributed by atoms with van der Waals surface area (Å²) in [7, 11) is -3.79. The number of benzene rings is 1. The molecule has 0 saturated carbocycles. The van der Waals surface area contributed by atoms with E-state index in [-0.39, 0.29) is 42.5 Å². The Morgan fingerprint density at radius 1 is 1.26 bits per heavy atom. The monoisotopic (exact) mass is 388 g/mol. The molecule has 1 aliphatic rings. The first-order valence-electron chi connectivity index (χ1n) is 8.63. The summed E-state index contributed by atoms with van der Waals surface area (Å²) in [5.41, 5.74) is 1.18. The number of amides is 1. The number of nitrogens with zero attached hydrogens (tertiary/aromatic N) is 4. The molecule has 27 heavy (non-hydrogen) atoms. The first-order valence-corrected chi connectivity index (χ1v) is 10.1. The maximum absolute atomic E-state index is 12.9. The van der Waals surface area contributed by atoms with E-state index in [0.717, 1.165) is 0 Å². The first kappa shape index (κ1) is 19.1. The molecule has 0 aliphatic carbocycles. The molecule has 8 nitrogen and oxygen atoms in total. The van der Waals surface area contributed by atoms with Gasteiger partial charge in [-0.3, -0.25) is 4.79 Å². The molecule has 0 bridgehead atoms. The van der Waals surface area contributed by atoms with Crippen LogP contribution in [-0.4, -0.2) is 54.9 Å². The Hall–Kier alpha value is -2.70. The van der Waals surface area contributed by atoms with Gasteiger partial charge < -0.3 is 9.42 Å². The van der Waals surface area contributed by atoms with Crippen molar-refractivity contribution in [2.24, 2.45) is 0 Å². The molecular weight excluding hydrogens is 368 g/mol. The van der Waals surface area contributed by atoms with Crippen molar-refractivity contribution in [3.63, 3.8) is 0 Å². The number of piperazine rings is 1. The third-order valence-corrected chi connectivity index (χ3v) is 6.59. The second-order valence-corrected chi connectivity index (χ2v) is 8.12. The Kier molecular flexibility index (Phi) is 5.30. The van der Waals surface area contributed by atoms with Gasteiger partial charge in [0.25, 0.3) is 5.91 Å². The topological polar surface area (TPSA) is 108 Å². The summed E-state index contributed by atoms with van der Waals surface area (Å²) in [5, 5.41) is 13.1. The average molecular weight is 388 g/mol. The second-order valence-electron chi connectivity index (χ2n) is 6.22. The van der Waals surface area contributed by atoms with Gasteiger partial charge in [-0.1, -0.05) is 24.2 Å². The number of sulfonamides is 1. The summed E-state index contributed by atoms with van der Waals surface area (Å²) in [6.45, 7) is 4.45. The van der Waals surface area contributed by atoms with Crippen molar-refractivity contribution in [2.75, 3.05) is 26.2 Å². The molecule has 0 atom stereocenters. The van der Waals surface area contributed by atoms with Gasteiger partial charge in [0.05, 0.1) is 16.2 Å². The molecule has 1 aromatic heterocycles. The summed E-state index contributed by atoms with van der Waals surface area (Å²) < 4.78 is 32.2. The number of carbonyl (C=O) groups excluding carboxylic acids is 1. The van der Waals surface area contributed by atoms with E-state index in [0.29, 0.717) is 23.4 Å². The van der Waals surface area contributed by atoms with E-state index in [1.807, 2.05) is 13.0 Å². The maximum Gasteiger partial charge on any atom is 0.259 e. The fourth-order valence-corrected chi connectivity index (χ4v) is 4.71. The van der Waals surface area contributed by atoms with E-state index in [9.17, 15) is 18.5 Å². The molecular formula is C18H20N4O4S. The van der Waals surface area contributed by atoms with E-state index in [1.54, 1.807) is 24.0 Å². The molecule has 0 radical (unpaired) electrons. The quantitative estimate of drug-likeness (QED) is 0.787. The predicted octanol–water partition coefficient (Wildman–Crippen LogP) is 1.56. The zero-order valence-corrected chi connectivity index (χ0v) is 16.0. The number of nitriles is 1. The minimum atomic E-state index is -3.79. The molecule has 2 aromatic rings. The first-order chi connectivity index (χ1) is 12.9. The van der Waals surface area contributed by atoms with E-state index in [4.69, 9.17) is 4.52 Å². The van der Waals surface area contributed by atoms with Crippen LogP contribution in [0.5, 0.6) is 0 Å². The van der Waals surface area contributed by atoms with E-state index in [1.165, 1.54) is 16.4 Å². The van der Waals surface area contributed by atoms with Gasteiger partial charge in [0.1, 0.15) is 17.4 Å². The molecule has 0 N–H and O–H groups in total. The van der Waals surface area contributed by atoms with Crippen LogP contribution in [0.25, 0.3) is 0 Å². The van der Waals surface area contributed by atoms with Crippen LogP contribution >= 0.6 is 0 Å². The number of rotatable bonds is 4. The highest BCUT2D eigenvalue weighted by molar-refractivity contribution is 7.89. The van der Waals surface area contributed by atoms with E-state index in [2.05, 4.69) is 5.16 Å². The van der Waals surface area contributed by atoms with Crippen LogP contribution in [-0.2, 0) is 16.4 Å². The standard InChI is InChI=1S/C18H20N4O4S/c1-3-15-17(13(2)26-20-15)18(23)21-8-10-22(11-9-21)27(24,25)16-7-5-4-6-14(16)12-19/h4-7H,3,8-11H2,1-2H3. The van der Waals surface area contributed by atoms with Crippen LogP contribution in [0.2, 0.25) is 0 Å². The Bertz CT molecular complexity index is 999. The summed E-state index contributed by atoms with van der Waals surface area (Å²) >= 11 is 0. The fraction of sp³-hybridized carbons (Fsp3) is 0.389. The molecule has 2 heterocycles. The van der Waals surface area contributed by atoms with Crippen molar-refractivity contribution >= 4 is 15.9 Å². The van der Waals surface area contributed by atoms with Crippen LogP contribution in [0.4, 0.5) is 0 Å². The smallest absolute Gasteiger partial charge is 0.259 e. The van der Waals surface area contributed by atoms with Crippen LogP contribution in [0, 0.1) is 18.3 Å². The summed E-state index contributed by atoms with van der Waals surface area (Å²) in [5.74, 6) is 0.273. The van der Waals surface area contributed by atoms with Crippen molar-refractivity contribution < 1.29 is 17.7 Å². The third-order valence-electron chi connectivity index (χ3n) is 4.63. The highest BCUT2D eigenvalue weighted by Gasteiger charge is 2.33. The van der Waals surface area contributed by atoms with Crippen molar-refractivity contribution in [1.82, 2.24) is 14.4 Å². The van der Waals surface area contributed by atoms with Crippen molar-refractivity contribution in [2.45, 2.75) is 25.2 Å². The lowest BCUT2D eigenvalue weighted by molar-refractivity contribution is 0.0695. The Labute approximate surface area is 158 Å². The SMILES string of the molecule is CCc1noc(C)c1C(=O)N1CCN(S(=O)(=O)c2ccccc2C#N)CC1. The third kappa shape index (κ3) is 3.46. The Morgan fingerprint density at radius 2 is 1.93 bits per heavy atom. The van der Waals surface area contributed by atoms with Crippen molar-refractivity contribution in [3.8, 4) is 6.07 Å². The number of aryl methyl sites for hydroxylation is 2. The number of aromatic nitrogens is 1. The molecule has 3 rings (SSSR count). The van der Waals surface area contributed by atoms with Gasteiger partial charge in [0.2, 0.25) is 10.0 Å². The molecule has 0 unspecified atom stereocenters. The fourth-order valence-electron chi connectivity index (χ4n) is 3.15. The minimum absolute atomic E-state index is 0.00424. The Balaban J connectivity index is 1.76. The lowest BCUT2D eigenvalue weighted by atomic mass is 10.1. The predicted molar refractivity (Wildman–Crippen MR) is 96.4 cm³/mol. The van der Waals surface area contributed by atoms with Crippen LogP contribution in [0.15, 0.2) is 33.7 Å². The van der Waals surface area contributed by atoms with Crippen molar-refractivity contribution in [1.29, 1.82) is 5.26 Å². The Morgan fingerprint density at radius 3 is 2.56 bits per heavy atom. The molecule has 0 spiro atoms. The second kappa shape index (κ2) is 7.50. The molecule has 142 valence electrons. The molecule has 1 fully saturated rings. The molecule has 1 amide bonds. The number of hydrogen-bond acceptors (Lipinski definition) is 6. The van der Waals surface area contributed by atoms with E-state index < -0.39 is 10.0 Å². The van der Waals surface area contributed by atoms with Gasteiger partial charge >= 0.3 is 0 Å².